The van der Waals surface area contributed by atoms with Gasteiger partial charge in [-0.25, -0.2) is 0 Å². The fourth-order valence-electron chi connectivity index (χ4n) is 1.74. The molecule has 0 aromatic carbocycles. The quantitative estimate of drug-likeness (QED) is 0.660. The van der Waals surface area contributed by atoms with Gasteiger partial charge in [0.1, 0.15) is 6.54 Å². The number of nitrogens with zero attached hydrogens (tertiary/aromatic N) is 1. The first-order valence-corrected chi connectivity index (χ1v) is 5.31. The van der Waals surface area contributed by atoms with E-state index in [2.05, 4.69) is 5.32 Å². The largest absolute Gasteiger partial charge is 0.480 e. The molecule has 1 aliphatic heterocycles. The number of carbonyl (C=O) groups excluding carboxylic acids is 2. The number of amides is 2. The van der Waals surface area contributed by atoms with Crippen molar-refractivity contribution in [2.24, 2.45) is 5.92 Å². The zero-order valence-electron chi connectivity index (χ0n) is 9.23. The van der Waals surface area contributed by atoms with E-state index in [1.165, 1.54) is 4.90 Å². The first-order chi connectivity index (χ1) is 7.54. The average molecular weight is 228 g/mol. The Bertz CT molecular complexity index is 303. The Hall–Kier alpha value is -1.59. The second-order valence-corrected chi connectivity index (χ2v) is 3.86. The lowest BCUT2D eigenvalue weighted by Gasteiger charge is -2.22. The topological polar surface area (TPSA) is 86.7 Å². The van der Waals surface area contributed by atoms with Gasteiger partial charge in [0.05, 0.1) is 5.92 Å². The molecule has 6 nitrogen and oxygen atoms in total. The van der Waals surface area contributed by atoms with Crippen LogP contribution in [-0.2, 0) is 14.4 Å². The third kappa shape index (κ3) is 3.22. The van der Waals surface area contributed by atoms with Crippen molar-refractivity contribution in [2.75, 3.05) is 19.6 Å². The molecule has 0 aromatic heterocycles. The Kier molecular flexibility index (Phi) is 4.28. The number of hydrogen-bond donors (Lipinski definition) is 2. The molecular weight excluding hydrogens is 212 g/mol. The van der Waals surface area contributed by atoms with Gasteiger partial charge in [-0.2, -0.15) is 0 Å². The maximum absolute atomic E-state index is 11.9. The highest BCUT2D eigenvalue weighted by atomic mass is 16.4. The number of carboxylic acids is 1. The van der Waals surface area contributed by atoms with Crippen LogP contribution in [0, 0.1) is 5.92 Å². The second kappa shape index (κ2) is 5.48. The monoisotopic (exact) mass is 228 g/mol. The number of carboxylic acid groups (broad SMARTS) is 1. The second-order valence-electron chi connectivity index (χ2n) is 3.86. The van der Waals surface area contributed by atoms with E-state index in [0.29, 0.717) is 19.5 Å². The van der Waals surface area contributed by atoms with E-state index in [4.69, 9.17) is 5.11 Å². The molecule has 1 unspecified atom stereocenters. The summed E-state index contributed by atoms with van der Waals surface area (Å²) in [4.78, 5) is 34.7. The van der Waals surface area contributed by atoms with Gasteiger partial charge in [0.15, 0.2) is 0 Å². The van der Waals surface area contributed by atoms with Crippen molar-refractivity contribution in [1.82, 2.24) is 10.2 Å². The van der Waals surface area contributed by atoms with Gasteiger partial charge < -0.3 is 15.3 Å². The molecule has 0 saturated carbocycles. The predicted molar refractivity (Wildman–Crippen MR) is 55.6 cm³/mol. The highest BCUT2D eigenvalue weighted by molar-refractivity contribution is 5.90. The summed E-state index contributed by atoms with van der Waals surface area (Å²) in [5, 5.41) is 11.2. The van der Waals surface area contributed by atoms with Crippen molar-refractivity contribution in [3.63, 3.8) is 0 Å². The highest BCUT2D eigenvalue weighted by Gasteiger charge is 2.31. The van der Waals surface area contributed by atoms with Gasteiger partial charge in [0.25, 0.3) is 0 Å². The van der Waals surface area contributed by atoms with Crippen molar-refractivity contribution >= 4 is 17.8 Å². The SMILES string of the molecule is CCCN(CC(=O)O)C(=O)C1CNC(=O)C1. The van der Waals surface area contributed by atoms with E-state index in [1.54, 1.807) is 0 Å². The minimum atomic E-state index is -1.03. The van der Waals surface area contributed by atoms with Crippen molar-refractivity contribution in [3.05, 3.63) is 0 Å². The molecule has 0 bridgehead atoms. The molecule has 0 aliphatic carbocycles. The fraction of sp³-hybridized carbons (Fsp3) is 0.700. The predicted octanol–water partition coefficient (Wildman–Crippen LogP) is -0.554. The summed E-state index contributed by atoms with van der Waals surface area (Å²) in [5.41, 5.74) is 0. The summed E-state index contributed by atoms with van der Waals surface area (Å²) in [7, 11) is 0. The molecule has 1 rings (SSSR count). The number of nitrogens with one attached hydrogen (secondary N) is 1. The molecule has 1 aliphatic rings. The normalized spacial score (nSPS) is 19.3. The molecular formula is C10H16N2O4. The molecule has 1 atom stereocenters. The van der Waals surface area contributed by atoms with Crippen LogP contribution in [0.1, 0.15) is 19.8 Å². The molecule has 16 heavy (non-hydrogen) atoms. The van der Waals surface area contributed by atoms with Crippen molar-refractivity contribution in [1.29, 1.82) is 0 Å². The molecule has 0 radical (unpaired) electrons. The van der Waals surface area contributed by atoms with Crippen molar-refractivity contribution in [3.8, 4) is 0 Å². The number of rotatable bonds is 5. The number of hydrogen-bond acceptors (Lipinski definition) is 3. The summed E-state index contributed by atoms with van der Waals surface area (Å²) in [6.45, 7) is 2.31. The lowest BCUT2D eigenvalue weighted by Crippen LogP contribution is -2.40. The number of aliphatic carboxylic acids is 1. The maximum atomic E-state index is 11.9. The van der Waals surface area contributed by atoms with Gasteiger partial charge in [0.2, 0.25) is 11.8 Å². The van der Waals surface area contributed by atoms with Gasteiger partial charge >= 0.3 is 5.97 Å². The van der Waals surface area contributed by atoms with Crippen LogP contribution in [0.5, 0.6) is 0 Å². The Balaban J connectivity index is 2.59. The molecule has 1 saturated heterocycles. The zero-order valence-corrected chi connectivity index (χ0v) is 9.23. The smallest absolute Gasteiger partial charge is 0.323 e. The molecule has 2 N–H and O–H groups in total. The maximum Gasteiger partial charge on any atom is 0.323 e. The minimum absolute atomic E-state index is 0.148. The minimum Gasteiger partial charge on any atom is -0.480 e. The lowest BCUT2D eigenvalue weighted by molar-refractivity contribution is -0.146. The first-order valence-electron chi connectivity index (χ1n) is 5.31. The molecule has 0 aromatic rings. The summed E-state index contributed by atoms with van der Waals surface area (Å²) in [6.07, 6.45) is 0.867. The van der Waals surface area contributed by atoms with E-state index in [9.17, 15) is 14.4 Å². The van der Waals surface area contributed by atoms with Crippen LogP contribution in [-0.4, -0.2) is 47.4 Å². The van der Waals surface area contributed by atoms with Crippen LogP contribution in [0.25, 0.3) is 0 Å². The van der Waals surface area contributed by atoms with Crippen LogP contribution in [0.15, 0.2) is 0 Å². The first kappa shape index (κ1) is 12.5. The van der Waals surface area contributed by atoms with E-state index in [1.807, 2.05) is 6.92 Å². The van der Waals surface area contributed by atoms with Crippen LogP contribution in [0.2, 0.25) is 0 Å². The van der Waals surface area contributed by atoms with E-state index >= 15 is 0 Å². The van der Waals surface area contributed by atoms with Gasteiger partial charge in [0, 0.05) is 19.5 Å². The average Bonchev–Trinajstić information content (AvgIpc) is 2.62. The number of carbonyl (C=O) groups is 3. The molecule has 90 valence electrons. The van der Waals surface area contributed by atoms with Crippen LogP contribution >= 0.6 is 0 Å². The fourth-order valence-corrected chi connectivity index (χ4v) is 1.74. The highest BCUT2D eigenvalue weighted by Crippen LogP contribution is 2.13. The Morgan fingerprint density at radius 1 is 1.56 bits per heavy atom. The van der Waals surface area contributed by atoms with E-state index < -0.39 is 11.9 Å². The summed E-state index contributed by atoms with van der Waals surface area (Å²) in [5.74, 6) is -1.83. The van der Waals surface area contributed by atoms with E-state index in [0.717, 1.165) is 0 Å². The Labute approximate surface area is 93.6 Å². The molecule has 1 fully saturated rings. The van der Waals surface area contributed by atoms with E-state index in [-0.39, 0.29) is 24.8 Å². The van der Waals surface area contributed by atoms with Crippen molar-refractivity contribution in [2.45, 2.75) is 19.8 Å². The van der Waals surface area contributed by atoms with Crippen molar-refractivity contribution < 1.29 is 19.5 Å². The third-order valence-corrected chi connectivity index (χ3v) is 2.46. The third-order valence-electron chi connectivity index (χ3n) is 2.46. The zero-order chi connectivity index (χ0) is 12.1. The standard InChI is InChI=1S/C10H16N2O4/c1-2-3-12(6-9(14)15)10(16)7-4-8(13)11-5-7/h7H,2-6H2,1H3,(H,11,13)(H,14,15). The Morgan fingerprint density at radius 2 is 2.25 bits per heavy atom. The molecule has 6 heteroatoms. The van der Waals surface area contributed by atoms with Crippen LogP contribution in [0.4, 0.5) is 0 Å². The summed E-state index contributed by atoms with van der Waals surface area (Å²) < 4.78 is 0. The van der Waals surface area contributed by atoms with Crippen LogP contribution < -0.4 is 5.32 Å². The lowest BCUT2D eigenvalue weighted by atomic mass is 10.1. The molecule has 0 spiro atoms. The molecule has 2 amide bonds. The summed E-state index contributed by atoms with van der Waals surface area (Å²) in [6, 6.07) is 0. The van der Waals surface area contributed by atoms with Gasteiger partial charge in [-0.05, 0) is 6.42 Å². The Morgan fingerprint density at radius 3 is 2.69 bits per heavy atom. The molecule has 1 heterocycles. The van der Waals surface area contributed by atoms with Gasteiger partial charge in [-0.3, -0.25) is 14.4 Å². The van der Waals surface area contributed by atoms with Crippen LogP contribution in [0.3, 0.4) is 0 Å². The summed E-state index contributed by atoms with van der Waals surface area (Å²) >= 11 is 0. The van der Waals surface area contributed by atoms with Gasteiger partial charge in [-0.1, -0.05) is 6.92 Å². The van der Waals surface area contributed by atoms with Gasteiger partial charge in [-0.15, -0.1) is 0 Å².